The van der Waals surface area contributed by atoms with E-state index in [0.717, 1.165) is 70.9 Å². The van der Waals surface area contributed by atoms with Crippen LogP contribution in [0.3, 0.4) is 0 Å². The molecular weight excluding hydrogens is 508 g/mol. The first kappa shape index (κ1) is 27.7. The summed E-state index contributed by atoms with van der Waals surface area (Å²) in [5.74, 6) is 0.491. The molecule has 10 nitrogen and oxygen atoms in total. The van der Waals surface area contributed by atoms with E-state index in [2.05, 4.69) is 31.2 Å². The molecule has 0 bridgehead atoms. The van der Waals surface area contributed by atoms with Crippen LogP contribution in [-0.4, -0.2) is 95.7 Å². The lowest BCUT2D eigenvalue weighted by atomic mass is 10.1. The number of aryl methyl sites for hydroxylation is 1. The molecular formula is C30H36N6O4. The lowest BCUT2D eigenvalue weighted by Crippen LogP contribution is -2.49. The van der Waals surface area contributed by atoms with E-state index in [-0.39, 0.29) is 12.0 Å². The molecule has 0 atom stereocenters. The molecule has 0 aliphatic carbocycles. The van der Waals surface area contributed by atoms with E-state index in [4.69, 9.17) is 9.47 Å². The van der Waals surface area contributed by atoms with Crippen LogP contribution in [0.25, 0.3) is 0 Å². The number of morpholine rings is 1. The Hall–Kier alpha value is -3.86. The number of aromatic nitrogens is 2. The first-order chi connectivity index (χ1) is 19.6. The molecule has 5 rings (SSSR count). The Labute approximate surface area is 234 Å². The van der Waals surface area contributed by atoms with Gasteiger partial charge in [-0.1, -0.05) is 18.2 Å². The van der Waals surface area contributed by atoms with E-state index >= 15 is 0 Å². The summed E-state index contributed by atoms with van der Waals surface area (Å²) in [4.78, 5) is 40.2. The topological polar surface area (TPSA) is 100 Å². The molecule has 2 aliphatic rings. The molecule has 0 spiro atoms. The van der Waals surface area contributed by atoms with Gasteiger partial charge in [0.2, 0.25) is 0 Å². The van der Waals surface area contributed by atoms with Crippen molar-refractivity contribution >= 4 is 17.8 Å². The molecule has 4 heterocycles. The fourth-order valence-electron chi connectivity index (χ4n) is 4.85. The number of pyridine rings is 2. The molecule has 210 valence electrons. The quantitative estimate of drug-likeness (QED) is 0.438. The SMILES string of the molecule is O=C(Nc1ccc(OC(=O)N2CCN(CCCc3cccnc3)CC2)cn1)c1ccc(CN2CCOCC2)cc1. The molecule has 2 aliphatic heterocycles. The van der Waals surface area contributed by atoms with Crippen LogP contribution in [0.15, 0.2) is 67.1 Å². The Kier molecular flexibility index (Phi) is 9.68. The van der Waals surface area contributed by atoms with Crippen molar-refractivity contribution in [3.05, 3.63) is 83.8 Å². The monoisotopic (exact) mass is 544 g/mol. The van der Waals surface area contributed by atoms with Crippen molar-refractivity contribution < 1.29 is 19.1 Å². The van der Waals surface area contributed by atoms with E-state index in [1.165, 1.54) is 11.8 Å². The van der Waals surface area contributed by atoms with Crippen LogP contribution in [0.5, 0.6) is 5.75 Å². The predicted molar refractivity (Wildman–Crippen MR) is 151 cm³/mol. The van der Waals surface area contributed by atoms with Crippen LogP contribution >= 0.6 is 0 Å². The summed E-state index contributed by atoms with van der Waals surface area (Å²) in [5.41, 5.74) is 2.96. The number of carbonyl (C=O) groups is 2. The molecule has 1 N–H and O–H groups in total. The number of nitrogens with one attached hydrogen (secondary N) is 1. The normalized spacial score (nSPS) is 16.4. The van der Waals surface area contributed by atoms with E-state index < -0.39 is 0 Å². The lowest BCUT2D eigenvalue weighted by molar-refractivity contribution is 0.0342. The molecule has 0 unspecified atom stereocenters. The second-order valence-electron chi connectivity index (χ2n) is 10.1. The zero-order valence-electron chi connectivity index (χ0n) is 22.7. The number of hydrogen-bond donors (Lipinski definition) is 1. The van der Waals surface area contributed by atoms with Gasteiger partial charge in [0, 0.05) is 63.8 Å². The number of hydrogen-bond acceptors (Lipinski definition) is 8. The molecule has 10 heteroatoms. The summed E-state index contributed by atoms with van der Waals surface area (Å²) in [5, 5.41) is 2.80. The first-order valence-electron chi connectivity index (χ1n) is 13.9. The highest BCUT2D eigenvalue weighted by atomic mass is 16.6. The van der Waals surface area contributed by atoms with Crippen molar-refractivity contribution in [3.8, 4) is 5.75 Å². The summed E-state index contributed by atoms with van der Waals surface area (Å²) in [6.07, 6.45) is 6.83. The fourth-order valence-corrected chi connectivity index (χ4v) is 4.85. The Morgan fingerprint density at radius 3 is 2.38 bits per heavy atom. The first-order valence-corrected chi connectivity index (χ1v) is 13.9. The van der Waals surface area contributed by atoms with Gasteiger partial charge in [-0.05, 0) is 60.8 Å². The zero-order chi connectivity index (χ0) is 27.6. The van der Waals surface area contributed by atoms with E-state index in [9.17, 15) is 9.59 Å². The highest BCUT2D eigenvalue weighted by Crippen LogP contribution is 2.16. The number of piperazine rings is 1. The summed E-state index contributed by atoms with van der Waals surface area (Å²) in [7, 11) is 0. The number of benzene rings is 1. The highest BCUT2D eigenvalue weighted by Gasteiger charge is 2.22. The van der Waals surface area contributed by atoms with Crippen molar-refractivity contribution in [2.24, 2.45) is 0 Å². The number of anilines is 1. The number of rotatable bonds is 9. The van der Waals surface area contributed by atoms with Crippen LogP contribution in [0, 0.1) is 0 Å². The number of carbonyl (C=O) groups excluding carboxylic acids is 2. The average molecular weight is 545 g/mol. The number of amides is 2. The van der Waals surface area contributed by atoms with Gasteiger partial charge in [0.25, 0.3) is 5.91 Å². The maximum atomic E-state index is 12.7. The summed E-state index contributed by atoms with van der Waals surface area (Å²) in [6, 6.07) is 14.9. The van der Waals surface area contributed by atoms with Gasteiger partial charge < -0.3 is 19.7 Å². The van der Waals surface area contributed by atoms with Gasteiger partial charge in [-0.25, -0.2) is 9.78 Å². The number of nitrogens with zero attached hydrogens (tertiary/aromatic N) is 5. The summed E-state index contributed by atoms with van der Waals surface area (Å²) >= 11 is 0. The van der Waals surface area contributed by atoms with Crippen LogP contribution in [0.1, 0.15) is 27.9 Å². The molecule has 0 radical (unpaired) electrons. The minimum absolute atomic E-state index is 0.242. The van der Waals surface area contributed by atoms with Gasteiger partial charge in [0.15, 0.2) is 5.75 Å². The molecule has 1 aromatic carbocycles. The van der Waals surface area contributed by atoms with Crippen LogP contribution in [-0.2, 0) is 17.7 Å². The zero-order valence-corrected chi connectivity index (χ0v) is 22.7. The van der Waals surface area contributed by atoms with Crippen molar-refractivity contribution in [2.75, 3.05) is 64.3 Å². The molecule has 2 saturated heterocycles. The van der Waals surface area contributed by atoms with Crippen molar-refractivity contribution in [3.63, 3.8) is 0 Å². The Bertz CT molecular complexity index is 1230. The standard InChI is InChI=1S/C30H36N6O4/c37-29(26-7-5-25(6-8-26)23-35-17-19-39-20-18-35)33-28-10-9-27(22-32-28)40-30(38)36-15-13-34(14-16-36)12-2-4-24-3-1-11-31-21-24/h1,3,5-11,21-22H,2,4,12-20,23H2,(H,32,33,37). The van der Waals surface area contributed by atoms with E-state index in [0.29, 0.717) is 30.2 Å². The predicted octanol–water partition coefficient (Wildman–Crippen LogP) is 3.31. The Morgan fingerprint density at radius 2 is 1.68 bits per heavy atom. The van der Waals surface area contributed by atoms with Crippen molar-refractivity contribution in [1.82, 2.24) is 24.7 Å². The molecule has 3 aromatic rings. The van der Waals surface area contributed by atoms with Crippen LogP contribution in [0.4, 0.5) is 10.6 Å². The second kappa shape index (κ2) is 14.0. The Morgan fingerprint density at radius 1 is 0.875 bits per heavy atom. The minimum Gasteiger partial charge on any atom is -0.409 e. The third kappa shape index (κ3) is 8.08. The highest BCUT2D eigenvalue weighted by molar-refractivity contribution is 6.03. The minimum atomic E-state index is -0.384. The van der Waals surface area contributed by atoms with Crippen molar-refractivity contribution in [2.45, 2.75) is 19.4 Å². The maximum Gasteiger partial charge on any atom is 0.415 e. The maximum absolute atomic E-state index is 12.7. The average Bonchev–Trinajstić information content (AvgIpc) is 3.00. The van der Waals surface area contributed by atoms with Gasteiger partial charge in [0.1, 0.15) is 5.82 Å². The Balaban J connectivity index is 1.02. The molecule has 40 heavy (non-hydrogen) atoms. The van der Waals surface area contributed by atoms with Gasteiger partial charge in [-0.3, -0.25) is 19.6 Å². The fraction of sp³-hybridized carbons (Fsp3) is 0.400. The van der Waals surface area contributed by atoms with Crippen molar-refractivity contribution in [1.29, 1.82) is 0 Å². The second-order valence-corrected chi connectivity index (χ2v) is 10.1. The molecule has 2 fully saturated rings. The van der Waals surface area contributed by atoms with Gasteiger partial charge in [0.05, 0.1) is 19.4 Å². The van der Waals surface area contributed by atoms with Crippen LogP contribution in [0.2, 0.25) is 0 Å². The third-order valence-corrected chi connectivity index (χ3v) is 7.20. The molecule has 0 saturated carbocycles. The molecule has 2 amide bonds. The van der Waals surface area contributed by atoms with E-state index in [1.807, 2.05) is 36.5 Å². The third-order valence-electron chi connectivity index (χ3n) is 7.20. The van der Waals surface area contributed by atoms with Crippen LogP contribution < -0.4 is 10.1 Å². The summed E-state index contributed by atoms with van der Waals surface area (Å²) in [6.45, 7) is 8.08. The van der Waals surface area contributed by atoms with Gasteiger partial charge >= 0.3 is 6.09 Å². The number of ether oxygens (including phenoxy) is 2. The van der Waals surface area contributed by atoms with E-state index in [1.54, 1.807) is 23.2 Å². The lowest BCUT2D eigenvalue weighted by Gasteiger charge is -2.34. The smallest absolute Gasteiger partial charge is 0.409 e. The largest absolute Gasteiger partial charge is 0.415 e. The summed E-state index contributed by atoms with van der Waals surface area (Å²) < 4.78 is 10.9. The van der Waals surface area contributed by atoms with Gasteiger partial charge in [-0.15, -0.1) is 0 Å². The van der Waals surface area contributed by atoms with Gasteiger partial charge in [-0.2, -0.15) is 0 Å². The molecule has 2 aromatic heterocycles.